The summed E-state index contributed by atoms with van der Waals surface area (Å²) in [7, 11) is 0. The number of hydrogen-bond acceptors (Lipinski definition) is 3. The van der Waals surface area contributed by atoms with Crippen LogP contribution < -0.4 is 16.0 Å². The minimum absolute atomic E-state index is 0. The molecule has 0 saturated heterocycles. The van der Waals surface area contributed by atoms with Crippen LogP contribution in [0.25, 0.3) is 0 Å². The van der Waals surface area contributed by atoms with Gasteiger partial charge in [0.1, 0.15) is 0 Å². The van der Waals surface area contributed by atoms with Crippen molar-refractivity contribution in [2.24, 2.45) is 4.99 Å². The van der Waals surface area contributed by atoms with Crippen LogP contribution in [-0.4, -0.2) is 55.0 Å². The van der Waals surface area contributed by atoms with Gasteiger partial charge in [0.05, 0.1) is 6.54 Å². The monoisotopic (exact) mass is 517 g/mol. The SMILES string of the molecule is CCNC(=O)c1cccc(CN=C(NCC)NCCCN(C(C)C)C(C)C)c1.I. The summed E-state index contributed by atoms with van der Waals surface area (Å²) in [5.74, 6) is 0.768. The van der Waals surface area contributed by atoms with E-state index in [2.05, 4.69) is 60.5 Å². The number of aliphatic imine (C=N–C) groups is 1. The molecular weight excluding hydrogens is 477 g/mol. The minimum Gasteiger partial charge on any atom is -0.357 e. The normalized spacial score (nSPS) is 11.6. The fourth-order valence-corrected chi connectivity index (χ4v) is 3.17. The largest absolute Gasteiger partial charge is 0.357 e. The van der Waals surface area contributed by atoms with Crippen molar-refractivity contribution in [2.75, 3.05) is 26.2 Å². The van der Waals surface area contributed by atoms with Crippen LogP contribution in [0.3, 0.4) is 0 Å². The van der Waals surface area contributed by atoms with E-state index in [-0.39, 0.29) is 29.9 Å². The molecule has 29 heavy (non-hydrogen) atoms. The average molecular weight is 518 g/mol. The van der Waals surface area contributed by atoms with Gasteiger partial charge in [0.25, 0.3) is 5.91 Å². The molecule has 6 nitrogen and oxygen atoms in total. The van der Waals surface area contributed by atoms with Crippen LogP contribution in [0, 0.1) is 0 Å². The molecule has 0 aromatic heterocycles. The molecule has 0 atom stereocenters. The summed E-state index contributed by atoms with van der Waals surface area (Å²) in [6, 6.07) is 8.75. The quantitative estimate of drug-likeness (QED) is 0.182. The van der Waals surface area contributed by atoms with Crippen LogP contribution >= 0.6 is 24.0 Å². The van der Waals surface area contributed by atoms with Crippen molar-refractivity contribution < 1.29 is 4.79 Å². The second-order valence-corrected chi connectivity index (χ2v) is 7.46. The number of halogens is 1. The Morgan fingerprint density at radius 3 is 2.28 bits per heavy atom. The van der Waals surface area contributed by atoms with Crippen molar-refractivity contribution in [2.45, 2.75) is 66.6 Å². The first-order valence-electron chi connectivity index (χ1n) is 10.5. The van der Waals surface area contributed by atoms with Gasteiger partial charge < -0.3 is 16.0 Å². The number of nitrogens with one attached hydrogen (secondary N) is 3. The Hall–Kier alpha value is -1.35. The average Bonchev–Trinajstić information content (AvgIpc) is 2.65. The number of carbonyl (C=O) groups excluding carboxylic acids is 1. The summed E-state index contributed by atoms with van der Waals surface area (Å²) in [5.41, 5.74) is 1.70. The van der Waals surface area contributed by atoms with Crippen LogP contribution in [0.5, 0.6) is 0 Å². The third kappa shape index (κ3) is 10.8. The maximum absolute atomic E-state index is 12.0. The summed E-state index contributed by atoms with van der Waals surface area (Å²) >= 11 is 0. The summed E-state index contributed by atoms with van der Waals surface area (Å²) in [6.45, 7) is 16.9. The summed E-state index contributed by atoms with van der Waals surface area (Å²) in [5, 5.41) is 9.53. The highest BCUT2D eigenvalue weighted by Crippen LogP contribution is 2.07. The van der Waals surface area contributed by atoms with Crippen LogP contribution in [0.4, 0.5) is 0 Å². The summed E-state index contributed by atoms with van der Waals surface area (Å²) in [6.07, 6.45) is 1.06. The zero-order valence-corrected chi connectivity index (χ0v) is 21.2. The molecule has 0 aliphatic heterocycles. The molecule has 0 heterocycles. The van der Waals surface area contributed by atoms with E-state index >= 15 is 0 Å². The van der Waals surface area contributed by atoms with E-state index in [0.717, 1.165) is 37.6 Å². The highest BCUT2D eigenvalue weighted by Gasteiger charge is 2.12. The highest BCUT2D eigenvalue weighted by molar-refractivity contribution is 14.0. The number of nitrogens with zero attached hydrogens (tertiary/aromatic N) is 2. The molecule has 3 N–H and O–H groups in total. The lowest BCUT2D eigenvalue weighted by Crippen LogP contribution is -2.41. The van der Waals surface area contributed by atoms with Gasteiger partial charge in [-0.3, -0.25) is 9.69 Å². The van der Waals surface area contributed by atoms with E-state index in [9.17, 15) is 4.79 Å². The predicted molar refractivity (Wildman–Crippen MR) is 134 cm³/mol. The molecule has 0 bridgehead atoms. The van der Waals surface area contributed by atoms with E-state index in [4.69, 9.17) is 0 Å². The van der Waals surface area contributed by atoms with Gasteiger partial charge in [-0.15, -0.1) is 24.0 Å². The van der Waals surface area contributed by atoms with E-state index in [1.54, 1.807) is 0 Å². The van der Waals surface area contributed by atoms with Gasteiger partial charge in [-0.25, -0.2) is 4.99 Å². The van der Waals surface area contributed by atoms with Gasteiger partial charge in [0.2, 0.25) is 0 Å². The van der Waals surface area contributed by atoms with Crippen LogP contribution in [0.1, 0.15) is 63.9 Å². The zero-order valence-electron chi connectivity index (χ0n) is 18.9. The maximum atomic E-state index is 12.0. The van der Waals surface area contributed by atoms with Crippen molar-refractivity contribution in [3.8, 4) is 0 Å². The fourth-order valence-electron chi connectivity index (χ4n) is 3.17. The van der Waals surface area contributed by atoms with E-state index in [1.165, 1.54) is 0 Å². The second-order valence-electron chi connectivity index (χ2n) is 7.46. The number of carbonyl (C=O) groups is 1. The Bertz CT molecular complexity index is 611. The van der Waals surface area contributed by atoms with Gasteiger partial charge in [0.15, 0.2) is 5.96 Å². The second kappa shape index (κ2) is 15.5. The Morgan fingerprint density at radius 1 is 1.03 bits per heavy atom. The molecule has 1 rings (SSSR count). The van der Waals surface area contributed by atoms with Crippen molar-refractivity contribution in [1.29, 1.82) is 0 Å². The van der Waals surface area contributed by atoms with Gasteiger partial charge in [-0.1, -0.05) is 12.1 Å². The van der Waals surface area contributed by atoms with Crippen molar-refractivity contribution >= 4 is 35.8 Å². The topological polar surface area (TPSA) is 68.8 Å². The lowest BCUT2D eigenvalue weighted by molar-refractivity contribution is 0.0955. The van der Waals surface area contributed by atoms with Crippen LogP contribution in [0.2, 0.25) is 0 Å². The first kappa shape index (κ1) is 27.6. The Morgan fingerprint density at radius 2 is 1.69 bits per heavy atom. The molecule has 0 fully saturated rings. The molecule has 7 heteroatoms. The Labute approximate surface area is 194 Å². The third-order valence-corrected chi connectivity index (χ3v) is 4.50. The molecule has 0 aliphatic rings. The predicted octanol–water partition coefficient (Wildman–Crippen LogP) is 3.62. The standard InChI is InChI=1S/C22H39N5O.HI/c1-7-23-21(28)20-12-9-11-19(15-20)16-26-22(24-8-2)25-13-10-14-27(17(3)4)18(5)6;/h9,11-12,15,17-18H,7-8,10,13-14,16H2,1-6H3,(H,23,28)(H2,24,25,26);1H. The first-order valence-corrected chi connectivity index (χ1v) is 10.5. The molecule has 0 unspecified atom stereocenters. The molecule has 1 aromatic rings. The van der Waals surface area contributed by atoms with Crippen LogP contribution in [0.15, 0.2) is 29.3 Å². The molecule has 0 saturated carbocycles. The van der Waals surface area contributed by atoms with Gasteiger partial charge in [-0.2, -0.15) is 0 Å². The molecule has 0 spiro atoms. The molecule has 1 amide bonds. The van der Waals surface area contributed by atoms with Crippen molar-refractivity contribution in [1.82, 2.24) is 20.9 Å². The number of guanidine groups is 1. The lowest BCUT2D eigenvalue weighted by atomic mass is 10.1. The number of hydrogen-bond donors (Lipinski definition) is 3. The molecule has 166 valence electrons. The summed E-state index contributed by atoms with van der Waals surface area (Å²) < 4.78 is 0. The maximum Gasteiger partial charge on any atom is 0.251 e. The number of benzene rings is 1. The first-order chi connectivity index (χ1) is 13.4. The zero-order chi connectivity index (χ0) is 20.9. The number of amides is 1. The lowest BCUT2D eigenvalue weighted by Gasteiger charge is -2.30. The fraction of sp³-hybridized carbons (Fsp3) is 0.636. The molecule has 0 radical (unpaired) electrons. The van der Waals surface area contributed by atoms with E-state index in [1.807, 2.05) is 31.2 Å². The van der Waals surface area contributed by atoms with E-state index < -0.39 is 0 Å². The van der Waals surface area contributed by atoms with Gasteiger partial charge in [-0.05, 0) is 65.7 Å². The molecular formula is C22H40IN5O. The number of rotatable bonds is 11. The third-order valence-electron chi connectivity index (χ3n) is 4.50. The van der Waals surface area contributed by atoms with Gasteiger partial charge in [0, 0.05) is 43.8 Å². The van der Waals surface area contributed by atoms with Gasteiger partial charge >= 0.3 is 0 Å². The highest BCUT2D eigenvalue weighted by atomic mass is 127. The van der Waals surface area contributed by atoms with Crippen LogP contribution in [-0.2, 0) is 6.54 Å². The minimum atomic E-state index is -0.0433. The summed E-state index contributed by atoms with van der Waals surface area (Å²) in [4.78, 5) is 19.2. The smallest absolute Gasteiger partial charge is 0.251 e. The molecule has 1 aromatic carbocycles. The Balaban J connectivity index is 0.00000784. The molecule has 0 aliphatic carbocycles. The van der Waals surface area contributed by atoms with Crippen molar-refractivity contribution in [3.63, 3.8) is 0 Å². The van der Waals surface area contributed by atoms with E-state index in [0.29, 0.717) is 30.7 Å². The van der Waals surface area contributed by atoms with Crippen molar-refractivity contribution in [3.05, 3.63) is 35.4 Å². The Kier molecular flexibility index (Phi) is 14.8.